The van der Waals surface area contributed by atoms with Crippen LogP contribution in [0.15, 0.2) is 27.9 Å². The topological polar surface area (TPSA) is 94.7 Å². The van der Waals surface area contributed by atoms with Crippen LogP contribution in [0.5, 0.6) is 5.75 Å². The summed E-state index contributed by atoms with van der Waals surface area (Å²) in [5.74, 6) is 1.48. The second-order valence-electron chi connectivity index (χ2n) is 10.7. The zero-order chi connectivity index (χ0) is 25.3. The predicted molar refractivity (Wildman–Crippen MR) is 138 cm³/mol. The van der Waals surface area contributed by atoms with E-state index in [0.29, 0.717) is 25.2 Å². The fourth-order valence-electron chi connectivity index (χ4n) is 4.94. The number of nitrogens with zero attached hydrogens (tertiary/aromatic N) is 4. The van der Waals surface area contributed by atoms with Gasteiger partial charge in [0.25, 0.3) is 0 Å². The molecule has 1 amide bonds. The van der Waals surface area contributed by atoms with Crippen LogP contribution in [0.4, 0.5) is 4.79 Å². The molecule has 1 aliphatic carbocycles. The monoisotopic (exact) mass is 513 g/mol. The van der Waals surface area contributed by atoms with Crippen molar-refractivity contribution in [1.82, 2.24) is 24.6 Å². The van der Waals surface area contributed by atoms with Crippen molar-refractivity contribution in [1.29, 1.82) is 0 Å². The molecule has 10 heteroatoms. The molecule has 0 atom stereocenters. The zero-order valence-corrected chi connectivity index (χ0v) is 22.3. The number of hydrogen-bond donors (Lipinski definition) is 1. The summed E-state index contributed by atoms with van der Waals surface area (Å²) < 4.78 is 22.3. The van der Waals surface area contributed by atoms with Crippen molar-refractivity contribution in [2.24, 2.45) is 5.92 Å². The number of carbonyl (C=O) groups excluding carboxylic acids is 1. The number of benzene rings is 1. The van der Waals surface area contributed by atoms with Gasteiger partial charge in [-0.05, 0) is 69.2 Å². The predicted octanol–water partition coefficient (Wildman–Crippen LogP) is 5.51. The van der Waals surface area contributed by atoms with Crippen molar-refractivity contribution < 1.29 is 18.8 Å². The molecular formula is C26H35N5O4S. The highest BCUT2D eigenvalue weighted by Crippen LogP contribution is 2.35. The van der Waals surface area contributed by atoms with Gasteiger partial charge in [-0.2, -0.15) is 5.10 Å². The average Bonchev–Trinajstić information content (AvgIpc) is 3.52. The molecule has 36 heavy (non-hydrogen) atoms. The number of methoxy groups -OCH3 is 1. The van der Waals surface area contributed by atoms with Crippen molar-refractivity contribution in [2.45, 2.75) is 83.1 Å². The Morgan fingerprint density at radius 3 is 2.75 bits per heavy atom. The first kappa shape index (κ1) is 25.0. The molecular weight excluding hydrogens is 478 g/mol. The Labute approximate surface area is 216 Å². The molecule has 2 aliphatic rings. The van der Waals surface area contributed by atoms with Gasteiger partial charge in [0.05, 0.1) is 37.8 Å². The van der Waals surface area contributed by atoms with Crippen LogP contribution >= 0.6 is 11.9 Å². The number of rotatable bonds is 7. The smallest absolute Gasteiger partial charge is 0.410 e. The normalized spacial score (nSPS) is 16.5. The summed E-state index contributed by atoms with van der Waals surface area (Å²) in [6.07, 6.45) is 8.32. The lowest BCUT2D eigenvalue weighted by Crippen LogP contribution is -2.33. The van der Waals surface area contributed by atoms with Crippen molar-refractivity contribution in [3.8, 4) is 5.75 Å². The summed E-state index contributed by atoms with van der Waals surface area (Å²) in [5, 5.41) is 10.7. The fourth-order valence-corrected chi connectivity index (χ4v) is 5.77. The Morgan fingerprint density at radius 1 is 1.22 bits per heavy atom. The van der Waals surface area contributed by atoms with Gasteiger partial charge in [0.1, 0.15) is 11.4 Å². The van der Waals surface area contributed by atoms with Gasteiger partial charge in [0, 0.05) is 18.3 Å². The van der Waals surface area contributed by atoms with E-state index in [2.05, 4.69) is 9.88 Å². The number of aromatic nitrogens is 3. The Bertz CT molecular complexity index is 1200. The molecule has 9 nitrogen and oxygen atoms in total. The maximum atomic E-state index is 12.4. The number of nitrogens with one attached hydrogen (secondary N) is 1. The first-order valence-electron chi connectivity index (χ1n) is 12.7. The van der Waals surface area contributed by atoms with Gasteiger partial charge in [0.15, 0.2) is 10.6 Å². The van der Waals surface area contributed by atoms with Crippen LogP contribution in [0.3, 0.4) is 0 Å². The van der Waals surface area contributed by atoms with E-state index in [9.17, 15) is 4.79 Å². The van der Waals surface area contributed by atoms with Gasteiger partial charge in [0.2, 0.25) is 0 Å². The van der Waals surface area contributed by atoms with Crippen molar-refractivity contribution in [3.63, 3.8) is 0 Å². The van der Waals surface area contributed by atoms with Crippen LogP contribution in [0.25, 0.3) is 11.0 Å². The maximum absolute atomic E-state index is 12.4. The van der Waals surface area contributed by atoms with E-state index in [-0.39, 0.29) is 6.09 Å². The van der Waals surface area contributed by atoms with E-state index >= 15 is 0 Å². The van der Waals surface area contributed by atoms with Gasteiger partial charge in [-0.15, -0.1) is 0 Å². The van der Waals surface area contributed by atoms with Gasteiger partial charge < -0.3 is 14.0 Å². The number of amides is 1. The van der Waals surface area contributed by atoms with Gasteiger partial charge >= 0.3 is 6.09 Å². The minimum atomic E-state index is -0.515. The van der Waals surface area contributed by atoms with Crippen LogP contribution in [0, 0.1) is 5.92 Å². The highest BCUT2D eigenvalue weighted by atomic mass is 32.2. The van der Waals surface area contributed by atoms with E-state index < -0.39 is 5.60 Å². The zero-order valence-electron chi connectivity index (χ0n) is 21.5. The second-order valence-corrected chi connectivity index (χ2v) is 11.6. The van der Waals surface area contributed by atoms with Crippen LogP contribution in [-0.4, -0.2) is 45.2 Å². The highest BCUT2D eigenvalue weighted by molar-refractivity contribution is 7.97. The first-order valence-corrected chi connectivity index (χ1v) is 13.5. The van der Waals surface area contributed by atoms with Crippen LogP contribution in [-0.2, 0) is 24.4 Å². The summed E-state index contributed by atoms with van der Waals surface area (Å²) in [6.45, 7) is 8.11. The average molecular weight is 514 g/mol. The quantitative estimate of drug-likeness (QED) is 0.413. The molecule has 3 heterocycles. The van der Waals surface area contributed by atoms with E-state index in [4.69, 9.17) is 19.1 Å². The lowest BCUT2D eigenvalue weighted by Gasteiger charge is -2.24. The summed E-state index contributed by atoms with van der Waals surface area (Å²) in [6, 6.07) is 4.01. The lowest BCUT2D eigenvalue weighted by atomic mass is 9.90. The Balaban J connectivity index is 1.24. The van der Waals surface area contributed by atoms with Crippen molar-refractivity contribution in [2.75, 3.05) is 13.7 Å². The number of carbonyl (C=O) groups is 1. The molecule has 1 N–H and O–H groups in total. The molecule has 0 spiro atoms. The molecule has 2 aromatic heterocycles. The Kier molecular flexibility index (Phi) is 7.16. The maximum Gasteiger partial charge on any atom is 0.410 e. The Morgan fingerprint density at radius 2 is 2.03 bits per heavy atom. The minimum absolute atomic E-state index is 0.311. The van der Waals surface area contributed by atoms with Crippen LogP contribution < -0.4 is 9.46 Å². The van der Waals surface area contributed by atoms with E-state index in [0.717, 1.165) is 45.4 Å². The number of ether oxygens (including phenoxy) is 2. The molecule has 1 aliphatic heterocycles. The largest absolute Gasteiger partial charge is 0.496 e. The summed E-state index contributed by atoms with van der Waals surface area (Å²) in [7, 11) is 1.67. The fraction of sp³-hybridized carbons (Fsp3) is 0.577. The van der Waals surface area contributed by atoms with E-state index in [1.165, 1.54) is 44.1 Å². The van der Waals surface area contributed by atoms with Crippen molar-refractivity contribution in [3.05, 3.63) is 35.2 Å². The molecule has 1 fully saturated rings. The Hall–Kier alpha value is -2.72. The molecule has 1 aromatic carbocycles. The number of hydrogen-bond acceptors (Lipinski definition) is 8. The minimum Gasteiger partial charge on any atom is -0.496 e. The van der Waals surface area contributed by atoms with Gasteiger partial charge in [-0.3, -0.25) is 14.3 Å². The van der Waals surface area contributed by atoms with Crippen molar-refractivity contribution >= 4 is 29.0 Å². The molecule has 3 aromatic rings. The summed E-state index contributed by atoms with van der Waals surface area (Å²) in [4.78, 5) is 14.1. The molecule has 0 bridgehead atoms. The molecule has 0 radical (unpaired) electrons. The highest BCUT2D eigenvalue weighted by Gasteiger charge is 2.30. The first-order chi connectivity index (χ1) is 17.3. The molecule has 5 rings (SSSR count). The van der Waals surface area contributed by atoms with Gasteiger partial charge in [-0.1, -0.05) is 24.4 Å². The summed E-state index contributed by atoms with van der Waals surface area (Å²) in [5.41, 5.74) is 3.13. The van der Waals surface area contributed by atoms with Crippen LogP contribution in [0.1, 0.15) is 69.7 Å². The second kappa shape index (κ2) is 10.3. The standard InChI is InChI=1S/C26H35N5O4S/c1-26(2,3)34-25(32)30-14-19-15-31(28-20(19)16-30)13-18-10-21(33-4)23-22(11-18)35-29-24(23)36-27-12-17-8-6-5-7-9-17/h10-11,15,17,27H,5-9,12-14,16H2,1-4H3. The van der Waals surface area contributed by atoms with E-state index in [1.54, 1.807) is 12.0 Å². The molecule has 194 valence electrons. The molecule has 0 saturated heterocycles. The van der Waals surface area contributed by atoms with E-state index in [1.807, 2.05) is 43.8 Å². The van der Waals surface area contributed by atoms with Gasteiger partial charge in [-0.25, -0.2) is 4.79 Å². The molecule has 1 saturated carbocycles. The third kappa shape index (κ3) is 5.64. The summed E-state index contributed by atoms with van der Waals surface area (Å²) >= 11 is 1.52. The molecule has 0 unspecified atom stereocenters. The SMILES string of the molecule is COc1cc(Cn2cc3c(n2)CN(C(=O)OC(C)(C)C)C3)cc2onc(SNCC3CCCCC3)c12. The third-order valence-corrected chi connectivity index (χ3v) is 7.46. The number of fused-ring (bicyclic) bond motifs is 2. The third-order valence-electron chi connectivity index (χ3n) is 6.67. The van der Waals surface area contributed by atoms with Crippen LogP contribution in [0.2, 0.25) is 0 Å². The lowest BCUT2D eigenvalue weighted by molar-refractivity contribution is 0.0239.